The monoisotopic (exact) mass is 185 g/mol. The summed E-state index contributed by atoms with van der Waals surface area (Å²) in [7, 11) is 0. The van der Waals surface area contributed by atoms with E-state index in [4.69, 9.17) is 15.9 Å². The van der Waals surface area contributed by atoms with Gasteiger partial charge in [0.1, 0.15) is 0 Å². The number of hydrogen-bond donors (Lipinski definition) is 5. The normalized spacial score (nSPS) is 12.8. The Balaban J connectivity index is 3.18. The van der Waals surface area contributed by atoms with Crippen molar-refractivity contribution in [2.75, 3.05) is 6.54 Å². The van der Waals surface area contributed by atoms with Gasteiger partial charge in [-0.05, 0) is 12.1 Å². The molecular formula is C8H11NO4. The molecule has 0 aliphatic rings. The van der Waals surface area contributed by atoms with Gasteiger partial charge in [0.05, 0.1) is 6.10 Å². The van der Waals surface area contributed by atoms with E-state index in [0.29, 0.717) is 0 Å². The van der Waals surface area contributed by atoms with Gasteiger partial charge in [-0.2, -0.15) is 0 Å². The summed E-state index contributed by atoms with van der Waals surface area (Å²) in [6, 6.07) is 2.46. The number of nitrogens with two attached hydrogens (primary N) is 1. The third-order valence-corrected chi connectivity index (χ3v) is 1.74. The van der Waals surface area contributed by atoms with E-state index in [2.05, 4.69) is 0 Å². The Hall–Kier alpha value is -1.46. The molecule has 0 amide bonds. The first-order chi connectivity index (χ1) is 6.07. The first kappa shape index (κ1) is 9.63. The highest BCUT2D eigenvalue weighted by Crippen LogP contribution is 2.39. The summed E-state index contributed by atoms with van der Waals surface area (Å²) in [4.78, 5) is 0. The van der Waals surface area contributed by atoms with Gasteiger partial charge in [0.25, 0.3) is 0 Å². The Kier molecular flexibility index (Phi) is 2.60. The zero-order chi connectivity index (χ0) is 10.0. The number of rotatable bonds is 2. The molecule has 0 aliphatic carbocycles. The number of hydrogen-bond acceptors (Lipinski definition) is 5. The van der Waals surface area contributed by atoms with Crippen molar-refractivity contribution < 1.29 is 20.4 Å². The van der Waals surface area contributed by atoms with E-state index in [1.54, 1.807) is 0 Å². The maximum Gasteiger partial charge on any atom is 0.200 e. The van der Waals surface area contributed by atoms with Gasteiger partial charge in [-0.25, -0.2) is 0 Å². The van der Waals surface area contributed by atoms with Gasteiger partial charge in [-0.15, -0.1) is 0 Å². The van der Waals surface area contributed by atoms with Crippen LogP contribution < -0.4 is 5.73 Å². The molecule has 0 fully saturated rings. The fourth-order valence-corrected chi connectivity index (χ4v) is 0.980. The van der Waals surface area contributed by atoms with Crippen LogP contribution in [0.25, 0.3) is 0 Å². The van der Waals surface area contributed by atoms with E-state index < -0.39 is 23.4 Å². The summed E-state index contributed by atoms with van der Waals surface area (Å²) in [5.74, 6) is -1.63. The minimum atomic E-state index is -1.05. The summed E-state index contributed by atoms with van der Waals surface area (Å²) in [5.41, 5.74) is 5.25. The van der Waals surface area contributed by atoms with E-state index >= 15 is 0 Å². The van der Waals surface area contributed by atoms with Gasteiger partial charge in [0, 0.05) is 12.1 Å². The number of aliphatic hydroxyl groups excluding tert-OH is 1. The highest BCUT2D eigenvalue weighted by molar-refractivity contribution is 5.53. The average molecular weight is 185 g/mol. The molecule has 6 N–H and O–H groups in total. The second-order valence-electron chi connectivity index (χ2n) is 2.62. The lowest BCUT2D eigenvalue weighted by Crippen LogP contribution is -2.11. The molecule has 1 aromatic carbocycles. The van der Waals surface area contributed by atoms with Crippen LogP contribution in [0.3, 0.4) is 0 Å². The summed E-state index contributed by atoms with van der Waals surface area (Å²) in [6.45, 7) is -0.0717. The molecule has 13 heavy (non-hydrogen) atoms. The number of phenols is 3. The van der Waals surface area contributed by atoms with Gasteiger partial charge in [0.2, 0.25) is 5.75 Å². The SMILES string of the molecule is NC[C@H](O)c1ccc(O)c(O)c1O. The standard InChI is InChI=1S/C8H11NO4/c9-3-6(11)4-1-2-5(10)8(13)7(4)12/h1-2,6,10-13H,3,9H2/t6-/m0/s1. The molecule has 0 radical (unpaired) electrons. The second-order valence-corrected chi connectivity index (χ2v) is 2.62. The van der Waals surface area contributed by atoms with Gasteiger partial charge in [-0.1, -0.05) is 0 Å². The quantitative estimate of drug-likeness (QED) is 0.410. The van der Waals surface area contributed by atoms with Crippen molar-refractivity contribution in [1.82, 2.24) is 0 Å². The summed E-state index contributed by atoms with van der Waals surface area (Å²) >= 11 is 0. The molecule has 72 valence electrons. The van der Waals surface area contributed by atoms with Crippen molar-refractivity contribution in [3.63, 3.8) is 0 Å². The van der Waals surface area contributed by atoms with Crippen LogP contribution in [-0.2, 0) is 0 Å². The third kappa shape index (κ3) is 1.66. The zero-order valence-electron chi connectivity index (χ0n) is 6.81. The second kappa shape index (κ2) is 3.51. The van der Waals surface area contributed by atoms with Crippen LogP contribution in [-0.4, -0.2) is 27.0 Å². The topological polar surface area (TPSA) is 107 Å². The molecule has 0 unspecified atom stereocenters. The zero-order valence-corrected chi connectivity index (χ0v) is 6.81. The summed E-state index contributed by atoms with van der Waals surface area (Å²) in [6.07, 6.45) is -1.05. The van der Waals surface area contributed by atoms with Gasteiger partial charge in [0.15, 0.2) is 11.5 Å². The predicted octanol–water partition coefficient (Wildman–Crippen LogP) is -0.205. The smallest absolute Gasteiger partial charge is 0.200 e. The Morgan fingerprint density at radius 2 is 1.77 bits per heavy atom. The van der Waals surface area contributed by atoms with Crippen LogP contribution in [0.2, 0.25) is 0 Å². The fourth-order valence-electron chi connectivity index (χ4n) is 0.980. The van der Waals surface area contributed by atoms with E-state index in [1.165, 1.54) is 12.1 Å². The average Bonchev–Trinajstić information content (AvgIpc) is 2.13. The minimum absolute atomic E-state index is 0.0717. The molecule has 1 rings (SSSR count). The Morgan fingerprint density at radius 1 is 1.15 bits per heavy atom. The van der Waals surface area contributed by atoms with Crippen LogP contribution in [0.4, 0.5) is 0 Å². The predicted molar refractivity (Wildman–Crippen MR) is 45.5 cm³/mol. The van der Waals surface area contributed by atoms with E-state index in [1.807, 2.05) is 0 Å². The van der Waals surface area contributed by atoms with Crippen LogP contribution in [0.15, 0.2) is 12.1 Å². The fraction of sp³-hybridized carbons (Fsp3) is 0.250. The summed E-state index contributed by atoms with van der Waals surface area (Å²) in [5, 5.41) is 36.5. The number of phenolic OH excluding ortho intramolecular Hbond substituents is 3. The Bertz CT molecular complexity index is 313. The molecule has 5 nitrogen and oxygen atoms in total. The summed E-state index contributed by atoms with van der Waals surface area (Å²) < 4.78 is 0. The molecule has 0 spiro atoms. The first-order valence-corrected chi connectivity index (χ1v) is 3.69. The highest BCUT2D eigenvalue weighted by atomic mass is 16.3. The molecule has 0 bridgehead atoms. The van der Waals surface area contributed by atoms with Gasteiger partial charge < -0.3 is 26.2 Å². The number of aliphatic hydroxyl groups is 1. The molecule has 0 saturated carbocycles. The number of benzene rings is 1. The Morgan fingerprint density at radius 3 is 2.31 bits per heavy atom. The molecule has 1 aromatic rings. The lowest BCUT2D eigenvalue weighted by atomic mass is 10.1. The maximum atomic E-state index is 9.25. The molecule has 0 heterocycles. The van der Waals surface area contributed by atoms with Crippen LogP contribution in [0.1, 0.15) is 11.7 Å². The van der Waals surface area contributed by atoms with Crippen LogP contribution in [0, 0.1) is 0 Å². The van der Waals surface area contributed by atoms with Crippen molar-refractivity contribution in [3.8, 4) is 17.2 Å². The van der Waals surface area contributed by atoms with Crippen LogP contribution in [0.5, 0.6) is 17.2 Å². The molecular weight excluding hydrogens is 174 g/mol. The highest BCUT2D eigenvalue weighted by Gasteiger charge is 2.15. The van der Waals surface area contributed by atoms with E-state index in [9.17, 15) is 10.2 Å². The molecule has 5 heteroatoms. The molecule has 0 aromatic heterocycles. The van der Waals surface area contributed by atoms with Crippen molar-refractivity contribution in [1.29, 1.82) is 0 Å². The van der Waals surface area contributed by atoms with E-state index in [-0.39, 0.29) is 12.1 Å². The molecule has 0 aliphatic heterocycles. The lowest BCUT2D eigenvalue weighted by Gasteiger charge is -2.11. The maximum absolute atomic E-state index is 9.25. The largest absolute Gasteiger partial charge is 0.504 e. The van der Waals surface area contributed by atoms with Crippen molar-refractivity contribution in [3.05, 3.63) is 17.7 Å². The Labute approximate surface area is 74.7 Å². The van der Waals surface area contributed by atoms with Crippen molar-refractivity contribution in [2.24, 2.45) is 5.73 Å². The van der Waals surface area contributed by atoms with Gasteiger partial charge in [-0.3, -0.25) is 0 Å². The van der Waals surface area contributed by atoms with Crippen molar-refractivity contribution in [2.45, 2.75) is 6.10 Å². The number of aromatic hydroxyl groups is 3. The van der Waals surface area contributed by atoms with Gasteiger partial charge >= 0.3 is 0 Å². The minimum Gasteiger partial charge on any atom is -0.504 e. The van der Waals surface area contributed by atoms with Crippen molar-refractivity contribution >= 4 is 0 Å². The molecule has 0 saturated heterocycles. The first-order valence-electron chi connectivity index (χ1n) is 3.69. The molecule has 1 atom stereocenters. The lowest BCUT2D eigenvalue weighted by molar-refractivity contribution is 0.181. The third-order valence-electron chi connectivity index (χ3n) is 1.74. The van der Waals surface area contributed by atoms with E-state index in [0.717, 1.165) is 0 Å². The van der Waals surface area contributed by atoms with Crippen LogP contribution >= 0.6 is 0 Å².